The Hall–Kier alpha value is -1.88. The van der Waals surface area contributed by atoms with Crippen LogP contribution < -0.4 is 5.73 Å². The van der Waals surface area contributed by atoms with Gasteiger partial charge in [0.1, 0.15) is 17.9 Å². The van der Waals surface area contributed by atoms with Crippen molar-refractivity contribution in [3.63, 3.8) is 0 Å². The van der Waals surface area contributed by atoms with Crippen LogP contribution >= 0.6 is 0 Å². The van der Waals surface area contributed by atoms with E-state index in [2.05, 4.69) is 14.8 Å². The highest BCUT2D eigenvalue weighted by Crippen LogP contribution is 2.30. The number of phenols is 1. The Morgan fingerprint density at radius 1 is 1.19 bits per heavy atom. The molecule has 5 nitrogen and oxygen atoms in total. The quantitative estimate of drug-likeness (QED) is 0.906. The highest BCUT2D eigenvalue weighted by molar-refractivity contribution is 5.26. The van der Waals surface area contributed by atoms with Gasteiger partial charge < -0.3 is 15.4 Å². The Balaban J connectivity index is 1.74. The Kier molecular flexibility index (Phi) is 4.20. The van der Waals surface area contributed by atoms with Crippen LogP contribution in [0.1, 0.15) is 55.6 Å². The van der Waals surface area contributed by atoms with Gasteiger partial charge in [-0.05, 0) is 37.0 Å². The zero-order valence-electron chi connectivity index (χ0n) is 12.2. The predicted molar refractivity (Wildman–Crippen MR) is 80.9 cm³/mol. The summed E-state index contributed by atoms with van der Waals surface area (Å²) in [6.45, 7) is 0. The van der Waals surface area contributed by atoms with Gasteiger partial charge in [-0.3, -0.25) is 0 Å². The summed E-state index contributed by atoms with van der Waals surface area (Å²) in [5.41, 5.74) is 7.43. The van der Waals surface area contributed by atoms with Gasteiger partial charge in [0.2, 0.25) is 0 Å². The fourth-order valence-corrected chi connectivity index (χ4v) is 3.13. The van der Waals surface area contributed by atoms with E-state index in [0.717, 1.165) is 11.4 Å². The first-order valence-electron chi connectivity index (χ1n) is 7.67. The van der Waals surface area contributed by atoms with E-state index in [1.807, 2.05) is 18.5 Å². The van der Waals surface area contributed by atoms with Crippen molar-refractivity contribution in [2.75, 3.05) is 0 Å². The van der Waals surface area contributed by atoms with E-state index < -0.39 is 0 Å². The summed E-state index contributed by atoms with van der Waals surface area (Å²) in [5, 5.41) is 17.6. The van der Waals surface area contributed by atoms with Crippen LogP contribution in [0.3, 0.4) is 0 Å². The van der Waals surface area contributed by atoms with Crippen molar-refractivity contribution in [1.82, 2.24) is 14.8 Å². The topological polar surface area (TPSA) is 77.0 Å². The standard InChI is InChI=1S/C16H22N4O/c17-15(10-12-6-8-14(21)9-7-12)16-19-18-11-20(16)13-4-2-1-3-5-13/h6-9,11,13,15,21H,1-5,10,17H2/t15-/m0/s1. The maximum Gasteiger partial charge on any atom is 0.150 e. The van der Waals surface area contributed by atoms with Crippen molar-refractivity contribution in [1.29, 1.82) is 0 Å². The third-order valence-electron chi connectivity index (χ3n) is 4.29. The summed E-state index contributed by atoms with van der Waals surface area (Å²) in [4.78, 5) is 0. The van der Waals surface area contributed by atoms with Crippen LogP contribution in [0.4, 0.5) is 0 Å². The summed E-state index contributed by atoms with van der Waals surface area (Å²) in [6, 6.07) is 7.50. The van der Waals surface area contributed by atoms with Crippen LogP contribution in [0.5, 0.6) is 5.75 Å². The molecule has 3 rings (SSSR count). The first kappa shape index (κ1) is 14.1. The average molecular weight is 286 g/mol. The molecule has 0 radical (unpaired) electrons. The van der Waals surface area contributed by atoms with Gasteiger partial charge in [-0.2, -0.15) is 0 Å². The van der Waals surface area contributed by atoms with E-state index in [1.165, 1.54) is 32.1 Å². The second-order valence-corrected chi connectivity index (χ2v) is 5.87. The highest BCUT2D eigenvalue weighted by atomic mass is 16.3. The van der Waals surface area contributed by atoms with Gasteiger partial charge in [-0.15, -0.1) is 10.2 Å². The van der Waals surface area contributed by atoms with Gasteiger partial charge in [0.25, 0.3) is 0 Å². The Morgan fingerprint density at radius 2 is 1.90 bits per heavy atom. The lowest BCUT2D eigenvalue weighted by atomic mass is 9.95. The lowest BCUT2D eigenvalue weighted by Crippen LogP contribution is -2.22. The molecule has 21 heavy (non-hydrogen) atoms. The largest absolute Gasteiger partial charge is 0.508 e. The van der Waals surface area contributed by atoms with Crippen molar-refractivity contribution in [3.05, 3.63) is 42.0 Å². The summed E-state index contributed by atoms with van der Waals surface area (Å²) >= 11 is 0. The Morgan fingerprint density at radius 3 is 2.62 bits per heavy atom. The van der Waals surface area contributed by atoms with Gasteiger partial charge in [0.05, 0.1) is 6.04 Å². The lowest BCUT2D eigenvalue weighted by Gasteiger charge is -2.25. The number of hydrogen-bond acceptors (Lipinski definition) is 4. The predicted octanol–water partition coefficient (Wildman–Crippen LogP) is 2.73. The molecule has 0 aliphatic heterocycles. The number of aromatic nitrogens is 3. The molecule has 1 saturated carbocycles. The van der Waals surface area contributed by atoms with Crippen LogP contribution in [-0.2, 0) is 6.42 Å². The van der Waals surface area contributed by atoms with Crippen LogP contribution in [0.15, 0.2) is 30.6 Å². The molecule has 3 N–H and O–H groups in total. The first-order valence-corrected chi connectivity index (χ1v) is 7.67. The molecule has 112 valence electrons. The first-order chi connectivity index (χ1) is 10.2. The van der Waals surface area contributed by atoms with Crippen molar-refractivity contribution in [2.24, 2.45) is 5.73 Å². The second-order valence-electron chi connectivity index (χ2n) is 5.87. The van der Waals surface area contributed by atoms with Crippen molar-refractivity contribution in [2.45, 2.75) is 50.6 Å². The molecule has 0 unspecified atom stereocenters. The zero-order valence-corrected chi connectivity index (χ0v) is 12.2. The number of rotatable bonds is 4. The normalized spacial score (nSPS) is 17.8. The number of nitrogens with two attached hydrogens (primary N) is 1. The minimum Gasteiger partial charge on any atom is -0.508 e. The van der Waals surface area contributed by atoms with Crippen LogP contribution in [0.2, 0.25) is 0 Å². The van der Waals surface area contributed by atoms with E-state index in [1.54, 1.807) is 12.1 Å². The maximum atomic E-state index is 9.33. The van der Waals surface area contributed by atoms with Gasteiger partial charge in [-0.1, -0.05) is 31.4 Å². The maximum absolute atomic E-state index is 9.33. The minimum absolute atomic E-state index is 0.168. The van der Waals surface area contributed by atoms with E-state index in [-0.39, 0.29) is 11.8 Å². The third kappa shape index (κ3) is 3.24. The SMILES string of the molecule is N[C@@H](Cc1ccc(O)cc1)c1nncn1C1CCCCC1. The molecule has 1 aliphatic carbocycles. The monoisotopic (exact) mass is 286 g/mol. The molecule has 1 fully saturated rings. The second kappa shape index (κ2) is 6.26. The van der Waals surface area contributed by atoms with Gasteiger partial charge in [-0.25, -0.2) is 0 Å². The van der Waals surface area contributed by atoms with E-state index in [0.29, 0.717) is 12.5 Å². The molecule has 1 heterocycles. The molecule has 0 amide bonds. The molecular formula is C16H22N4O. The summed E-state index contributed by atoms with van der Waals surface area (Å²) in [6.07, 6.45) is 8.78. The zero-order chi connectivity index (χ0) is 14.7. The van der Waals surface area contributed by atoms with Crippen molar-refractivity contribution < 1.29 is 5.11 Å². The van der Waals surface area contributed by atoms with Crippen molar-refractivity contribution >= 4 is 0 Å². The summed E-state index contributed by atoms with van der Waals surface area (Å²) in [5.74, 6) is 1.15. The van der Waals surface area contributed by atoms with E-state index in [4.69, 9.17) is 5.73 Å². The van der Waals surface area contributed by atoms with E-state index in [9.17, 15) is 5.11 Å². The van der Waals surface area contributed by atoms with Gasteiger partial charge in [0, 0.05) is 6.04 Å². The fourth-order valence-electron chi connectivity index (χ4n) is 3.13. The Bertz CT molecular complexity index is 572. The van der Waals surface area contributed by atoms with Crippen LogP contribution in [0, 0.1) is 0 Å². The van der Waals surface area contributed by atoms with Crippen molar-refractivity contribution in [3.8, 4) is 5.75 Å². The lowest BCUT2D eigenvalue weighted by molar-refractivity contribution is 0.340. The number of nitrogens with zero attached hydrogens (tertiary/aromatic N) is 3. The molecule has 2 aromatic rings. The molecule has 1 aliphatic rings. The van der Waals surface area contributed by atoms with Crippen LogP contribution in [0.25, 0.3) is 0 Å². The van der Waals surface area contributed by atoms with E-state index >= 15 is 0 Å². The molecule has 5 heteroatoms. The average Bonchev–Trinajstić information content (AvgIpc) is 3.00. The molecule has 1 aromatic heterocycles. The molecule has 1 atom stereocenters. The number of hydrogen-bond donors (Lipinski definition) is 2. The third-order valence-corrected chi connectivity index (χ3v) is 4.29. The summed E-state index contributed by atoms with van der Waals surface area (Å²) in [7, 11) is 0. The molecule has 0 spiro atoms. The Labute approximate surface area is 124 Å². The van der Waals surface area contributed by atoms with Gasteiger partial charge in [0.15, 0.2) is 0 Å². The number of benzene rings is 1. The molecule has 0 saturated heterocycles. The smallest absolute Gasteiger partial charge is 0.150 e. The number of phenolic OH excluding ortho intramolecular Hbond substituents is 1. The molecule has 1 aromatic carbocycles. The molecular weight excluding hydrogens is 264 g/mol. The number of aromatic hydroxyl groups is 1. The fraction of sp³-hybridized carbons (Fsp3) is 0.500. The minimum atomic E-state index is -0.168. The summed E-state index contributed by atoms with van der Waals surface area (Å²) < 4.78 is 2.17. The van der Waals surface area contributed by atoms with Crippen LogP contribution in [-0.4, -0.2) is 19.9 Å². The van der Waals surface area contributed by atoms with Gasteiger partial charge >= 0.3 is 0 Å². The molecule has 0 bridgehead atoms. The highest BCUT2D eigenvalue weighted by Gasteiger charge is 2.21.